The van der Waals surface area contributed by atoms with Crippen molar-refractivity contribution in [2.75, 3.05) is 24.2 Å². The lowest BCUT2D eigenvalue weighted by Gasteiger charge is -2.31. The summed E-state index contributed by atoms with van der Waals surface area (Å²) in [5.74, 6) is -0.352. The molecule has 1 saturated heterocycles. The van der Waals surface area contributed by atoms with E-state index in [4.69, 9.17) is 0 Å². The van der Waals surface area contributed by atoms with Crippen molar-refractivity contribution in [1.29, 1.82) is 0 Å². The van der Waals surface area contributed by atoms with Crippen molar-refractivity contribution < 1.29 is 13.2 Å². The molecular weight excluding hydrogens is 446 g/mol. The van der Waals surface area contributed by atoms with E-state index in [1.54, 1.807) is 12.4 Å². The van der Waals surface area contributed by atoms with Crippen molar-refractivity contribution >= 4 is 21.6 Å². The van der Waals surface area contributed by atoms with Gasteiger partial charge in [-0.25, -0.2) is 12.7 Å². The first-order valence-electron chi connectivity index (χ1n) is 11.8. The van der Waals surface area contributed by atoms with Gasteiger partial charge < -0.3 is 5.32 Å². The van der Waals surface area contributed by atoms with Crippen LogP contribution in [0.4, 0.5) is 5.69 Å². The number of carbonyl (C=O) groups is 1. The largest absolute Gasteiger partial charge is 0.326 e. The quantitative estimate of drug-likeness (QED) is 0.499. The Morgan fingerprint density at radius 1 is 0.941 bits per heavy atom. The Hall–Kier alpha value is -3.03. The van der Waals surface area contributed by atoms with Gasteiger partial charge in [-0.15, -0.1) is 0 Å². The first-order valence-corrected chi connectivity index (χ1v) is 13.4. The van der Waals surface area contributed by atoms with Gasteiger partial charge in [0.05, 0.1) is 11.7 Å². The van der Waals surface area contributed by atoms with Crippen LogP contribution in [0.1, 0.15) is 36.0 Å². The van der Waals surface area contributed by atoms with Gasteiger partial charge in [0.25, 0.3) is 0 Å². The van der Waals surface area contributed by atoms with E-state index in [2.05, 4.69) is 10.3 Å². The summed E-state index contributed by atoms with van der Waals surface area (Å²) in [5, 5.41) is 2.97. The van der Waals surface area contributed by atoms with Crippen LogP contribution in [0.5, 0.6) is 0 Å². The minimum atomic E-state index is -3.38. The topological polar surface area (TPSA) is 79.4 Å². The third kappa shape index (κ3) is 6.74. The fraction of sp³-hybridized carbons (Fsp3) is 0.333. The van der Waals surface area contributed by atoms with E-state index in [1.165, 1.54) is 9.87 Å². The number of hydrogen-bond donors (Lipinski definition) is 1. The molecule has 2 aromatic carbocycles. The minimum absolute atomic E-state index is 0.106. The van der Waals surface area contributed by atoms with E-state index in [1.807, 2.05) is 66.7 Å². The van der Waals surface area contributed by atoms with Gasteiger partial charge >= 0.3 is 0 Å². The van der Waals surface area contributed by atoms with Crippen molar-refractivity contribution in [1.82, 2.24) is 9.29 Å². The first kappa shape index (κ1) is 24.1. The summed E-state index contributed by atoms with van der Waals surface area (Å²) in [6.45, 7) is 0.737. The number of amides is 1. The number of anilines is 1. The van der Waals surface area contributed by atoms with E-state index < -0.39 is 10.0 Å². The van der Waals surface area contributed by atoms with Crippen LogP contribution in [0, 0.1) is 5.92 Å². The zero-order valence-electron chi connectivity index (χ0n) is 19.3. The van der Waals surface area contributed by atoms with Gasteiger partial charge in [-0.05, 0) is 73.1 Å². The van der Waals surface area contributed by atoms with Gasteiger partial charge in [-0.2, -0.15) is 0 Å². The van der Waals surface area contributed by atoms with Crippen LogP contribution in [0.3, 0.4) is 0 Å². The molecular formula is C27H31N3O3S. The second kappa shape index (κ2) is 11.4. The zero-order chi connectivity index (χ0) is 23.8. The molecule has 0 bridgehead atoms. The highest BCUT2D eigenvalue weighted by Crippen LogP contribution is 2.22. The molecule has 1 aliphatic heterocycles. The van der Waals surface area contributed by atoms with Crippen LogP contribution in [0.15, 0.2) is 79.1 Å². The second-order valence-corrected chi connectivity index (χ2v) is 10.9. The highest BCUT2D eigenvalue weighted by atomic mass is 32.2. The van der Waals surface area contributed by atoms with E-state index in [0.717, 1.165) is 29.7 Å². The van der Waals surface area contributed by atoms with Gasteiger partial charge in [0.2, 0.25) is 15.9 Å². The molecule has 6 nitrogen and oxygen atoms in total. The summed E-state index contributed by atoms with van der Waals surface area (Å²) >= 11 is 0. The number of nitrogens with zero attached hydrogens (tertiary/aromatic N) is 2. The number of aromatic nitrogens is 1. The number of rotatable bonds is 9. The maximum atomic E-state index is 12.9. The maximum absolute atomic E-state index is 12.9. The van der Waals surface area contributed by atoms with Crippen LogP contribution >= 0.6 is 0 Å². The number of benzene rings is 2. The molecule has 1 aromatic heterocycles. The fourth-order valence-electron chi connectivity index (χ4n) is 4.33. The molecule has 7 heteroatoms. The predicted molar refractivity (Wildman–Crippen MR) is 135 cm³/mol. The molecule has 178 valence electrons. The Bertz CT molecular complexity index is 1170. The highest BCUT2D eigenvalue weighted by molar-refractivity contribution is 7.89. The lowest BCUT2D eigenvalue weighted by Crippen LogP contribution is -2.44. The molecule has 1 fully saturated rings. The maximum Gasteiger partial charge on any atom is 0.228 e. The molecule has 1 N–H and O–H groups in total. The number of piperidine rings is 1. The summed E-state index contributed by atoms with van der Waals surface area (Å²) < 4.78 is 27.3. The van der Waals surface area contributed by atoms with Gasteiger partial charge in [-0.1, -0.05) is 42.5 Å². The molecule has 1 unspecified atom stereocenters. The Balaban J connectivity index is 1.28. The van der Waals surface area contributed by atoms with Gasteiger partial charge in [0.15, 0.2) is 0 Å². The standard InChI is InChI=1S/C27H31N3O3S/c31-27(29-26-12-10-23(11-13-26)20-24-14-16-28-17-15-24)25-9-4-18-30(21-25)34(32,33)19-5-8-22-6-2-1-3-7-22/h1-3,6-7,10-17,25H,4-5,8-9,18-21H2,(H,29,31). The summed E-state index contributed by atoms with van der Waals surface area (Å²) in [5.41, 5.74) is 4.19. The molecule has 1 aliphatic rings. The molecule has 0 aliphatic carbocycles. The van der Waals surface area contributed by atoms with Crippen LogP contribution in [0.25, 0.3) is 0 Å². The zero-order valence-corrected chi connectivity index (χ0v) is 20.1. The second-order valence-electron chi connectivity index (χ2n) is 8.82. The first-order chi connectivity index (χ1) is 16.5. The van der Waals surface area contributed by atoms with E-state index in [9.17, 15) is 13.2 Å². The molecule has 2 heterocycles. The molecule has 4 rings (SSSR count). The summed E-state index contributed by atoms with van der Waals surface area (Å²) in [7, 11) is -3.38. The van der Waals surface area contributed by atoms with Crippen LogP contribution in [-0.4, -0.2) is 42.5 Å². The number of nitrogens with one attached hydrogen (secondary N) is 1. The Kier molecular flexibility index (Phi) is 8.08. The average molecular weight is 478 g/mol. The molecule has 0 spiro atoms. The minimum Gasteiger partial charge on any atom is -0.326 e. The molecule has 34 heavy (non-hydrogen) atoms. The Morgan fingerprint density at radius 2 is 1.65 bits per heavy atom. The van der Waals surface area contributed by atoms with Crippen molar-refractivity contribution in [2.45, 2.75) is 32.1 Å². The number of sulfonamides is 1. The van der Waals surface area contributed by atoms with Crippen molar-refractivity contribution in [3.63, 3.8) is 0 Å². The lowest BCUT2D eigenvalue weighted by atomic mass is 9.98. The fourth-order valence-corrected chi connectivity index (χ4v) is 5.91. The van der Waals surface area contributed by atoms with Crippen molar-refractivity contribution in [2.24, 2.45) is 5.92 Å². The summed E-state index contributed by atoms with van der Waals surface area (Å²) in [6, 6.07) is 21.7. The van der Waals surface area contributed by atoms with Crippen LogP contribution in [-0.2, 0) is 27.7 Å². The number of carbonyl (C=O) groups excluding carboxylic acids is 1. The van der Waals surface area contributed by atoms with E-state index in [-0.39, 0.29) is 24.1 Å². The monoisotopic (exact) mass is 477 g/mol. The molecule has 1 atom stereocenters. The average Bonchev–Trinajstić information content (AvgIpc) is 2.86. The summed E-state index contributed by atoms with van der Waals surface area (Å²) in [6.07, 6.45) is 7.06. The summed E-state index contributed by atoms with van der Waals surface area (Å²) in [4.78, 5) is 16.9. The number of pyridine rings is 1. The molecule has 1 amide bonds. The van der Waals surface area contributed by atoms with Gasteiger partial charge in [0.1, 0.15) is 0 Å². The lowest BCUT2D eigenvalue weighted by molar-refractivity contribution is -0.120. The third-order valence-electron chi connectivity index (χ3n) is 6.24. The normalized spacial score (nSPS) is 16.8. The molecule has 0 radical (unpaired) electrons. The number of hydrogen-bond acceptors (Lipinski definition) is 4. The Morgan fingerprint density at radius 3 is 2.38 bits per heavy atom. The van der Waals surface area contributed by atoms with E-state index >= 15 is 0 Å². The third-order valence-corrected chi connectivity index (χ3v) is 8.16. The van der Waals surface area contributed by atoms with Crippen LogP contribution in [0.2, 0.25) is 0 Å². The Labute approximate surface area is 202 Å². The van der Waals surface area contributed by atoms with Gasteiger partial charge in [-0.3, -0.25) is 9.78 Å². The van der Waals surface area contributed by atoms with Crippen LogP contribution < -0.4 is 5.32 Å². The van der Waals surface area contributed by atoms with E-state index in [0.29, 0.717) is 25.8 Å². The van der Waals surface area contributed by atoms with Gasteiger partial charge in [0, 0.05) is 31.2 Å². The molecule has 0 saturated carbocycles. The highest BCUT2D eigenvalue weighted by Gasteiger charge is 2.32. The predicted octanol–water partition coefficient (Wildman–Crippen LogP) is 4.29. The van der Waals surface area contributed by atoms with Crippen molar-refractivity contribution in [3.8, 4) is 0 Å². The molecule has 3 aromatic rings. The number of aryl methyl sites for hydroxylation is 1. The smallest absolute Gasteiger partial charge is 0.228 e. The van der Waals surface area contributed by atoms with Crippen molar-refractivity contribution in [3.05, 3.63) is 95.8 Å². The SMILES string of the molecule is O=C(Nc1ccc(Cc2ccncc2)cc1)C1CCCN(S(=O)(=O)CCCc2ccccc2)C1.